The van der Waals surface area contributed by atoms with Gasteiger partial charge >= 0.3 is 18.3 Å². The van der Waals surface area contributed by atoms with Gasteiger partial charge in [-0.3, -0.25) is 4.79 Å². The van der Waals surface area contributed by atoms with Crippen LogP contribution in [0.1, 0.15) is 62.4 Å². The molecule has 0 bridgehead atoms. The molecule has 1 N–H and O–H groups in total. The van der Waals surface area contributed by atoms with Crippen molar-refractivity contribution in [2.45, 2.75) is 71.3 Å². The van der Waals surface area contributed by atoms with E-state index in [-0.39, 0.29) is 52.4 Å². The maximum absolute atomic E-state index is 14.0. The van der Waals surface area contributed by atoms with Crippen molar-refractivity contribution < 1.29 is 37.0 Å². The van der Waals surface area contributed by atoms with Gasteiger partial charge in [0.1, 0.15) is 23.0 Å². The number of halogens is 4. The van der Waals surface area contributed by atoms with Crippen molar-refractivity contribution >= 4 is 68.4 Å². The summed E-state index contributed by atoms with van der Waals surface area (Å²) in [7, 11) is 0. The second-order valence-corrected chi connectivity index (χ2v) is 17.2. The highest BCUT2D eigenvalue weighted by molar-refractivity contribution is 14.2. The fraction of sp³-hybridized carbons (Fsp3) is 0.528. The summed E-state index contributed by atoms with van der Waals surface area (Å²) in [5, 5.41) is 8.88. The predicted molar refractivity (Wildman–Crippen MR) is 206 cm³/mol. The van der Waals surface area contributed by atoms with Crippen LogP contribution in [0.4, 0.5) is 23.8 Å². The molecule has 2 aromatic carbocycles. The van der Waals surface area contributed by atoms with Crippen molar-refractivity contribution in [2.75, 3.05) is 50.8 Å². The molecule has 0 aliphatic carbocycles. The number of likely N-dealkylation sites (tertiary alicyclic amines) is 1. The van der Waals surface area contributed by atoms with E-state index in [1.165, 1.54) is 0 Å². The molecule has 4 aromatic rings. The van der Waals surface area contributed by atoms with Gasteiger partial charge in [0.25, 0.3) is 0 Å². The SMILES string of the molecule is Cc1ccc2c(cnn2PI)c1-c1c(C=O)cc2c(N3CCC4(CC3)CN(C(=O)OC(C)(C)C)C4)nc(OC3CCNCC3)nc2c1OCC(F)(F)F. The first-order valence-electron chi connectivity index (χ1n) is 17.7. The fourth-order valence-electron chi connectivity index (χ4n) is 7.56. The number of carbonyl (C=O) groups is 2. The number of fused-ring (bicyclic) bond motifs is 2. The van der Waals surface area contributed by atoms with Gasteiger partial charge in [-0.05, 0) is 106 Å². The number of nitrogens with zero attached hydrogens (tertiary/aromatic N) is 6. The third kappa shape index (κ3) is 7.86. The third-order valence-corrected chi connectivity index (χ3v) is 12.0. The molecule has 1 atom stereocenters. The van der Waals surface area contributed by atoms with Crippen molar-refractivity contribution in [3.05, 3.63) is 35.5 Å². The molecule has 3 aliphatic heterocycles. The Morgan fingerprint density at radius 1 is 1.09 bits per heavy atom. The Bertz CT molecular complexity index is 2030. The average Bonchev–Trinajstić information content (AvgIpc) is 3.51. The summed E-state index contributed by atoms with van der Waals surface area (Å²) in [6.45, 7) is 9.56. The van der Waals surface area contributed by atoms with Crippen LogP contribution in [0.5, 0.6) is 11.8 Å². The van der Waals surface area contributed by atoms with Crippen LogP contribution >= 0.6 is 28.4 Å². The number of alkyl halides is 3. The zero-order chi connectivity index (χ0) is 37.7. The van der Waals surface area contributed by atoms with E-state index in [4.69, 9.17) is 24.2 Å². The Morgan fingerprint density at radius 2 is 1.81 bits per heavy atom. The van der Waals surface area contributed by atoms with Crippen LogP contribution in [0.3, 0.4) is 0 Å². The second kappa shape index (κ2) is 14.6. The van der Waals surface area contributed by atoms with E-state index in [0.717, 1.165) is 37.0 Å². The second-order valence-electron chi connectivity index (χ2n) is 15.1. The maximum Gasteiger partial charge on any atom is 0.422 e. The highest BCUT2D eigenvalue weighted by Gasteiger charge is 2.48. The number of carbonyl (C=O) groups excluding carboxylic acids is 2. The van der Waals surface area contributed by atoms with Gasteiger partial charge in [0, 0.05) is 59.1 Å². The Hall–Kier alpha value is -3.50. The molecule has 284 valence electrons. The topological polar surface area (TPSA) is 124 Å². The van der Waals surface area contributed by atoms with Crippen LogP contribution in [0.2, 0.25) is 0 Å². The van der Waals surface area contributed by atoms with Gasteiger partial charge < -0.3 is 29.3 Å². The van der Waals surface area contributed by atoms with E-state index in [9.17, 15) is 22.8 Å². The summed E-state index contributed by atoms with van der Waals surface area (Å²) in [5.74, 6) is 0.291. The van der Waals surface area contributed by atoms with Crippen LogP contribution in [0.25, 0.3) is 32.9 Å². The predicted octanol–water partition coefficient (Wildman–Crippen LogP) is 7.47. The molecule has 1 unspecified atom stereocenters. The molecule has 17 heteroatoms. The Kier molecular flexibility index (Phi) is 10.4. The van der Waals surface area contributed by atoms with Gasteiger partial charge in [-0.1, -0.05) is 6.07 Å². The minimum atomic E-state index is -4.67. The number of ether oxygens (including phenoxy) is 3. The van der Waals surface area contributed by atoms with Gasteiger partial charge in [-0.15, -0.1) is 0 Å². The summed E-state index contributed by atoms with van der Waals surface area (Å²) in [6.07, 6.45) is 0.332. The van der Waals surface area contributed by atoms with Crippen LogP contribution in [0.15, 0.2) is 24.4 Å². The largest absolute Gasteiger partial charge is 0.481 e. The highest BCUT2D eigenvalue weighted by Crippen LogP contribution is 2.48. The number of hydrogen-bond donors (Lipinski definition) is 1. The number of aryl methyl sites for hydroxylation is 1. The normalized spacial score (nSPS) is 18.3. The summed E-state index contributed by atoms with van der Waals surface area (Å²) < 4.78 is 61.3. The summed E-state index contributed by atoms with van der Waals surface area (Å²) in [5.41, 5.74) is 1.88. The Morgan fingerprint density at radius 3 is 2.45 bits per heavy atom. The van der Waals surface area contributed by atoms with E-state index in [1.807, 2.05) is 39.8 Å². The molecule has 12 nitrogen and oxygen atoms in total. The first kappa shape index (κ1) is 37.8. The maximum atomic E-state index is 14.0. The molecular formula is C36H42F3IN7O5P. The number of aromatic nitrogens is 4. The minimum Gasteiger partial charge on any atom is -0.481 e. The number of piperidine rings is 2. The zero-order valence-electron chi connectivity index (χ0n) is 30.0. The van der Waals surface area contributed by atoms with Gasteiger partial charge in [0.05, 0.1) is 18.1 Å². The fourth-order valence-corrected chi connectivity index (χ4v) is 9.10. The molecule has 1 spiro atoms. The van der Waals surface area contributed by atoms with Crippen molar-refractivity contribution in [3.8, 4) is 22.9 Å². The zero-order valence-corrected chi connectivity index (χ0v) is 33.1. The summed E-state index contributed by atoms with van der Waals surface area (Å²) >= 11 is 2.21. The lowest BCUT2D eigenvalue weighted by Gasteiger charge is -2.53. The molecule has 1 amide bonds. The number of amides is 1. The van der Waals surface area contributed by atoms with E-state index in [1.54, 1.807) is 21.6 Å². The van der Waals surface area contributed by atoms with E-state index >= 15 is 0 Å². The molecule has 0 saturated carbocycles. The van der Waals surface area contributed by atoms with E-state index < -0.39 is 18.4 Å². The molecule has 7 rings (SSSR count). The summed E-state index contributed by atoms with van der Waals surface area (Å²) in [4.78, 5) is 39.1. The number of anilines is 1. The minimum absolute atomic E-state index is 0.0370. The van der Waals surface area contributed by atoms with Crippen LogP contribution < -0.4 is 19.7 Å². The molecule has 53 heavy (non-hydrogen) atoms. The number of benzene rings is 2. The molecule has 2 aromatic heterocycles. The lowest BCUT2D eigenvalue weighted by Crippen LogP contribution is -2.62. The van der Waals surface area contributed by atoms with Crippen LogP contribution in [-0.4, -0.2) is 101 Å². The number of hydrogen-bond acceptors (Lipinski definition) is 10. The lowest BCUT2D eigenvalue weighted by atomic mass is 9.72. The smallest absolute Gasteiger partial charge is 0.422 e. The molecule has 0 radical (unpaired) electrons. The van der Waals surface area contributed by atoms with Crippen molar-refractivity contribution in [3.63, 3.8) is 0 Å². The van der Waals surface area contributed by atoms with Crippen LogP contribution in [0, 0.1) is 12.3 Å². The average molecular weight is 868 g/mol. The first-order chi connectivity index (χ1) is 25.2. The summed E-state index contributed by atoms with van der Waals surface area (Å²) in [6, 6.07) is 5.47. The van der Waals surface area contributed by atoms with Gasteiger partial charge in [0.2, 0.25) is 0 Å². The van der Waals surface area contributed by atoms with Gasteiger partial charge in [-0.25, -0.2) is 9.25 Å². The molecule has 3 aliphatic rings. The van der Waals surface area contributed by atoms with E-state index in [0.29, 0.717) is 67.5 Å². The Labute approximate surface area is 319 Å². The number of nitrogens with one attached hydrogen (secondary N) is 1. The highest BCUT2D eigenvalue weighted by atomic mass is 127. The molecule has 3 fully saturated rings. The first-order valence-corrected chi connectivity index (χ1v) is 21.7. The number of aldehydes is 1. The standard InChI is InChI=1S/C36H42F3IN7O5P/c1-21-5-6-26-25(16-42-47(26)53-40)27(21)28-22(17-48)15-24-29(30(28)50-20-36(37,38)39)43-32(51-23-7-11-41-12-8-23)44-31(24)45-13-9-35(10-14-45)18-46(19-35)33(49)52-34(2,3)4/h5-6,15-17,23,41,53H,7-14,18-20H2,1-4H3. The lowest BCUT2D eigenvalue weighted by molar-refractivity contribution is -0.153. The molecular weight excluding hydrogens is 825 g/mol. The van der Waals surface area contributed by atoms with Crippen molar-refractivity contribution in [1.82, 2.24) is 29.7 Å². The van der Waals surface area contributed by atoms with Crippen molar-refractivity contribution in [1.29, 1.82) is 0 Å². The Balaban J connectivity index is 1.34. The quantitative estimate of drug-likeness (QED) is 0.108. The van der Waals surface area contributed by atoms with Crippen molar-refractivity contribution in [2.24, 2.45) is 5.41 Å². The number of rotatable bonds is 8. The van der Waals surface area contributed by atoms with Gasteiger partial charge in [-0.2, -0.15) is 28.2 Å². The molecule has 5 heterocycles. The third-order valence-electron chi connectivity index (χ3n) is 10.1. The monoisotopic (exact) mass is 867 g/mol. The van der Waals surface area contributed by atoms with Crippen LogP contribution in [-0.2, 0) is 4.74 Å². The van der Waals surface area contributed by atoms with Gasteiger partial charge in [0.15, 0.2) is 18.6 Å². The van der Waals surface area contributed by atoms with E-state index in [2.05, 4.69) is 37.4 Å². The molecule has 3 saturated heterocycles.